The molecule has 1 amide bonds. The predicted molar refractivity (Wildman–Crippen MR) is 101 cm³/mol. The van der Waals surface area contributed by atoms with Crippen LogP contribution in [0.1, 0.15) is 44.2 Å². The van der Waals surface area contributed by atoms with Crippen molar-refractivity contribution in [2.45, 2.75) is 44.7 Å². The number of hydrogen-bond donors (Lipinski definition) is 2. The summed E-state index contributed by atoms with van der Waals surface area (Å²) in [7, 11) is 0. The van der Waals surface area contributed by atoms with Crippen molar-refractivity contribution in [3.8, 4) is 0 Å². The highest BCUT2D eigenvalue weighted by Gasteiger charge is 2.24. The van der Waals surface area contributed by atoms with Gasteiger partial charge in [0, 0.05) is 12.6 Å². The summed E-state index contributed by atoms with van der Waals surface area (Å²) in [6.45, 7) is 3.59. The molecule has 1 aliphatic heterocycles. The number of aliphatic hydroxyl groups is 1. The highest BCUT2D eigenvalue weighted by atomic mass is 16.3. The van der Waals surface area contributed by atoms with Crippen LogP contribution in [0.4, 0.5) is 0 Å². The van der Waals surface area contributed by atoms with E-state index in [0.29, 0.717) is 12.6 Å². The number of aliphatic hydroxyl groups excluding tert-OH is 1. The SMILES string of the molecule is CC(NC(=O)CN1CCCCC1CCO)c1cccc2ccccc12. The van der Waals surface area contributed by atoms with Gasteiger partial charge < -0.3 is 10.4 Å². The summed E-state index contributed by atoms with van der Waals surface area (Å²) < 4.78 is 0. The van der Waals surface area contributed by atoms with Gasteiger partial charge in [0.15, 0.2) is 0 Å². The van der Waals surface area contributed by atoms with Gasteiger partial charge in [-0.05, 0) is 49.1 Å². The number of benzene rings is 2. The Balaban J connectivity index is 1.65. The van der Waals surface area contributed by atoms with E-state index in [4.69, 9.17) is 0 Å². The normalized spacial score (nSPS) is 19.7. The van der Waals surface area contributed by atoms with Crippen LogP contribution in [0, 0.1) is 0 Å². The fourth-order valence-electron chi connectivity index (χ4n) is 3.92. The highest BCUT2D eigenvalue weighted by Crippen LogP contribution is 2.24. The van der Waals surface area contributed by atoms with E-state index in [2.05, 4.69) is 34.5 Å². The topological polar surface area (TPSA) is 52.6 Å². The molecule has 0 saturated carbocycles. The van der Waals surface area contributed by atoms with Crippen LogP contribution < -0.4 is 5.32 Å². The van der Waals surface area contributed by atoms with Crippen molar-refractivity contribution in [2.75, 3.05) is 19.7 Å². The summed E-state index contributed by atoms with van der Waals surface area (Å²) in [5, 5.41) is 14.8. The zero-order valence-electron chi connectivity index (χ0n) is 14.9. The molecule has 3 rings (SSSR count). The second-order valence-electron chi connectivity index (χ2n) is 6.99. The van der Waals surface area contributed by atoms with Crippen molar-refractivity contribution in [1.82, 2.24) is 10.2 Å². The standard InChI is InChI=1S/C21H28N2O2/c1-16(19-11-6-8-17-7-2-3-10-20(17)19)22-21(25)15-23-13-5-4-9-18(23)12-14-24/h2-3,6-8,10-11,16,18,24H,4-5,9,12-15H2,1H3,(H,22,25). The Morgan fingerprint density at radius 2 is 2.04 bits per heavy atom. The second-order valence-corrected chi connectivity index (χ2v) is 6.99. The Labute approximate surface area is 149 Å². The number of fused-ring (bicyclic) bond motifs is 1. The van der Waals surface area contributed by atoms with Gasteiger partial charge in [0.1, 0.15) is 0 Å². The molecule has 2 N–H and O–H groups in total. The molecule has 25 heavy (non-hydrogen) atoms. The van der Waals surface area contributed by atoms with E-state index < -0.39 is 0 Å². The zero-order valence-corrected chi connectivity index (χ0v) is 14.9. The van der Waals surface area contributed by atoms with E-state index in [-0.39, 0.29) is 18.6 Å². The summed E-state index contributed by atoms with van der Waals surface area (Å²) in [4.78, 5) is 14.8. The molecule has 1 heterocycles. The number of nitrogens with one attached hydrogen (secondary N) is 1. The second kappa shape index (κ2) is 8.45. The number of likely N-dealkylation sites (tertiary alicyclic amines) is 1. The lowest BCUT2D eigenvalue weighted by Gasteiger charge is -2.35. The van der Waals surface area contributed by atoms with Gasteiger partial charge in [-0.2, -0.15) is 0 Å². The van der Waals surface area contributed by atoms with Crippen molar-refractivity contribution in [3.63, 3.8) is 0 Å². The molecule has 1 saturated heterocycles. The molecule has 2 aromatic rings. The van der Waals surface area contributed by atoms with Crippen molar-refractivity contribution < 1.29 is 9.90 Å². The molecule has 0 aliphatic carbocycles. The van der Waals surface area contributed by atoms with Gasteiger partial charge in [-0.15, -0.1) is 0 Å². The Kier molecular flexibility index (Phi) is 6.05. The first-order valence-corrected chi connectivity index (χ1v) is 9.31. The van der Waals surface area contributed by atoms with Gasteiger partial charge in [0.25, 0.3) is 0 Å². The Morgan fingerprint density at radius 1 is 1.24 bits per heavy atom. The number of carbonyl (C=O) groups excluding carboxylic acids is 1. The van der Waals surface area contributed by atoms with Crippen LogP contribution in [-0.2, 0) is 4.79 Å². The van der Waals surface area contributed by atoms with Crippen LogP contribution in [0.25, 0.3) is 10.8 Å². The molecule has 0 aromatic heterocycles. The van der Waals surface area contributed by atoms with E-state index in [1.165, 1.54) is 17.2 Å². The first-order valence-electron chi connectivity index (χ1n) is 9.31. The highest BCUT2D eigenvalue weighted by molar-refractivity contribution is 5.87. The molecule has 2 atom stereocenters. The minimum Gasteiger partial charge on any atom is -0.396 e. The average molecular weight is 340 g/mol. The van der Waals surface area contributed by atoms with Crippen LogP contribution >= 0.6 is 0 Å². The fourth-order valence-corrected chi connectivity index (χ4v) is 3.92. The molecule has 4 heteroatoms. The number of hydrogen-bond acceptors (Lipinski definition) is 3. The van der Waals surface area contributed by atoms with Gasteiger partial charge in [-0.3, -0.25) is 9.69 Å². The summed E-state index contributed by atoms with van der Waals surface area (Å²) in [6.07, 6.45) is 4.15. The average Bonchev–Trinajstić information content (AvgIpc) is 2.63. The molecule has 0 bridgehead atoms. The maximum absolute atomic E-state index is 12.6. The van der Waals surface area contributed by atoms with Crippen LogP contribution in [0.15, 0.2) is 42.5 Å². The molecule has 2 aromatic carbocycles. The largest absolute Gasteiger partial charge is 0.396 e. The Bertz CT molecular complexity index is 709. The van der Waals surface area contributed by atoms with Crippen LogP contribution in [0.5, 0.6) is 0 Å². The third kappa shape index (κ3) is 4.39. The van der Waals surface area contributed by atoms with E-state index in [1.54, 1.807) is 0 Å². The van der Waals surface area contributed by atoms with Gasteiger partial charge in [0.2, 0.25) is 5.91 Å². The molecule has 0 spiro atoms. The maximum Gasteiger partial charge on any atom is 0.234 e. The molecular formula is C21H28N2O2. The Morgan fingerprint density at radius 3 is 2.88 bits per heavy atom. The number of nitrogens with zero attached hydrogens (tertiary/aromatic N) is 1. The lowest BCUT2D eigenvalue weighted by Crippen LogP contribution is -2.46. The van der Waals surface area contributed by atoms with Crippen molar-refractivity contribution >= 4 is 16.7 Å². The molecule has 1 fully saturated rings. The van der Waals surface area contributed by atoms with E-state index in [0.717, 1.165) is 31.4 Å². The zero-order chi connectivity index (χ0) is 17.6. The summed E-state index contributed by atoms with van der Waals surface area (Å²) in [6, 6.07) is 14.8. The van der Waals surface area contributed by atoms with E-state index in [9.17, 15) is 9.90 Å². The number of carbonyl (C=O) groups is 1. The molecule has 0 radical (unpaired) electrons. The monoisotopic (exact) mass is 340 g/mol. The third-order valence-corrected chi connectivity index (χ3v) is 5.23. The minimum atomic E-state index is -0.0281. The third-order valence-electron chi connectivity index (χ3n) is 5.23. The molecule has 1 aliphatic rings. The molecule has 134 valence electrons. The number of amides is 1. The lowest BCUT2D eigenvalue weighted by atomic mass is 9.99. The van der Waals surface area contributed by atoms with Crippen LogP contribution in [0.2, 0.25) is 0 Å². The lowest BCUT2D eigenvalue weighted by molar-refractivity contribution is -0.123. The minimum absolute atomic E-state index is 0.0281. The van der Waals surface area contributed by atoms with Gasteiger partial charge in [-0.25, -0.2) is 0 Å². The van der Waals surface area contributed by atoms with E-state index in [1.807, 2.05) is 25.1 Å². The Hall–Kier alpha value is -1.91. The number of rotatable bonds is 6. The quantitative estimate of drug-likeness (QED) is 0.849. The van der Waals surface area contributed by atoms with Crippen molar-refractivity contribution in [2.24, 2.45) is 0 Å². The smallest absolute Gasteiger partial charge is 0.234 e. The first kappa shape index (κ1) is 17.9. The van der Waals surface area contributed by atoms with Crippen LogP contribution in [-0.4, -0.2) is 41.7 Å². The first-order chi connectivity index (χ1) is 12.2. The summed E-state index contributed by atoms with van der Waals surface area (Å²) in [5.41, 5.74) is 1.15. The summed E-state index contributed by atoms with van der Waals surface area (Å²) >= 11 is 0. The fraction of sp³-hybridized carbons (Fsp3) is 0.476. The maximum atomic E-state index is 12.6. The molecular weight excluding hydrogens is 312 g/mol. The van der Waals surface area contributed by atoms with Gasteiger partial charge in [-0.1, -0.05) is 48.9 Å². The van der Waals surface area contributed by atoms with Crippen molar-refractivity contribution in [1.29, 1.82) is 0 Å². The van der Waals surface area contributed by atoms with Crippen molar-refractivity contribution in [3.05, 3.63) is 48.0 Å². The van der Waals surface area contributed by atoms with Gasteiger partial charge in [0.05, 0.1) is 12.6 Å². The molecule has 4 nitrogen and oxygen atoms in total. The van der Waals surface area contributed by atoms with Crippen LogP contribution in [0.3, 0.4) is 0 Å². The summed E-state index contributed by atoms with van der Waals surface area (Å²) in [5.74, 6) is 0.0604. The molecule has 2 unspecified atom stereocenters. The van der Waals surface area contributed by atoms with E-state index >= 15 is 0 Å². The number of piperidine rings is 1. The van der Waals surface area contributed by atoms with Gasteiger partial charge >= 0.3 is 0 Å². The predicted octanol–water partition coefficient (Wildman–Crippen LogP) is 3.25.